The SMILES string of the molecule is CNC1CCC(N(C)C2CCN3CCCC3C2)CC1. The first-order valence-corrected chi connectivity index (χ1v) is 8.41. The van der Waals surface area contributed by atoms with E-state index in [1.807, 2.05) is 0 Å². The molecule has 1 aliphatic carbocycles. The van der Waals surface area contributed by atoms with Crippen molar-refractivity contribution >= 4 is 0 Å². The fourth-order valence-electron chi connectivity index (χ4n) is 4.64. The van der Waals surface area contributed by atoms with Crippen LogP contribution in [0.15, 0.2) is 0 Å². The number of fused-ring (bicyclic) bond motifs is 1. The summed E-state index contributed by atoms with van der Waals surface area (Å²) in [4.78, 5) is 5.49. The first-order chi connectivity index (χ1) is 9.28. The quantitative estimate of drug-likeness (QED) is 0.843. The lowest BCUT2D eigenvalue weighted by atomic mass is 9.88. The molecule has 3 rings (SSSR count). The average molecular weight is 265 g/mol. The first kappa shape index (κ1) is 13.8. The van der Waals surface area contributed by atoms with Gasteiger partial charge in [-0.25, -0.2) is 0 Å². The Balaban J connectivity index is 1.51. The molecule has 3 nitrogen and oxygen atoms in total. The maximum atomic E-state index is 3.45. The van der Waals surface area contributed by atoms with Gasteiger partial charge in [0.15, 0.2) is 0 Å². The highest BCUT2D eigenvalue weighted by molar-refractivity contribution is 4.92. The third-order valence-corrected chi connectivity index (χ3v) is 6.05. The smallest absolute Gasteiger partial charge is 0.0122 e. The summed E-state index contributed by atoms with van der Waals surface area (Å²) < 4.78 is 0. The van der Waals surface area contributed by atoms with Gasteiger partial charge < -0.3 is 15.1 Å². The van der Waals surface area contributed by atoms with Crippen molar-refractivity contribution in [3.05, 3.63) is 0 Å². The Morgan fingerprint density at radius 2 is 1.74 bits per heavy atom. The van der Waals surface area contributed by atoms with Gasteiger partial charge in [0.05, 0.1) is 0 Å². The second kappa shape index (κ2) is 6.11. The van der Waals surface area contributed by atoms with Crippen molar-refractivity contribution in [3.63, 3.8) is 0 Å². The molecule has 2 heterocycles. The number of piperidine rings is 1. The van der Waals surface area contributed by atoms with Crippen molar-refractivity contribution in [2.24, 2.45) is 0 Å². The van der Waals surface area contributed by atoms with Gasteiger partial charge in [0.25, 0.3) is 0 Å². The van der Waals surface area contributed by atoms with Crippen LogP contribution in [-0.4, -0.2) is 61.2 Å². The predicted molar refractivity (Wildman–Crippen MR) is 80.5 cm³/mol. The minimum atomic E-state index is 0.779. The molecule has 0 spiro atoms. The maximum Gasteiger partial charge on any atom is 0.0122 e. The van der Waals surface area contributed by atoms with Gasteiger partial charge in [-0.05, 0) is 78.6 Å². The highest BCUT2D eigenvalue weighted by atomic mass is 15.2. The Bertz CT molecular complexity index is 286. The lowest BCUT2D eigenvalue weighted by Crippen LogP contribution is -2.50. The monoisotopic (exact) mass is 265 g/mol. The summed E-state index contributed by atoms with van der Waals surface area (Å²) in [6, 6.07) is 3.40. The van der Waals surface area contributed by atoms with E-state index in [2.05, 4.69) is 29.2 Å². The molecule has 2 aliphatic heterocycles. The predicted octanol–water partition coefficient (Wildman–Crippen LogP) is 2.08. The zero-order valence-electron chi connectivity index (χ0n) is 12.8. The minimum absolute atomic E-state index is 0.779. The van der Waals surface area contributed by atoms with Crippen LogP contribution in [0.5, 0.6) is 0 Å². The molecular weight excluding hydrogens is 234 g/mol. The standard InChI is InChI=1S/C16H31N3/c1-17-13-5-7-14(8-6-13)18(2)15-9-11-19-10-3-4-16(19)12-15/h13-17H,3-12H2,1-2H3. The van der Waals surface area contributed by atoms with Crippen molar-refractivity contribution < 1.29 is 0 Å². The van der Waals surface area contributed by atoms with E-state index in [-0.39, 0.29) is 0 Å². The number of hydrogen-bond donors (Lipinski definition) is 1. The second-order valence-corrected chi connectivity index (χ2v) is 6.97. The molecule has 0 bridgehead atoms. The zero-order valence-corrected chi connectivity index (χ0v) is 12.8. The van der Waals surface area contributed by atoms with Gasteiger partial charge in [-0.2, -0.15) is 0 Å². The van der Waals surface area contributed by atoms with Crippen LogP contribution in [0.1, 0.15) is 51.4 Å². The van der Waals surface area contributed by atoms with Crippen molar-refractivity contribution in [2.45, 2.75) is 75.5 Å². The molecular formula is C16H31N3. The highest BCUT2D eigenvalue weighted by Gasteiger charge is 2.35. The number of nitrogens with one attached hydrogen (secondary N) is 1. The zero-order chi connectivity index (χ0) is 13.2. The van der Waals surface area contributed by atoms with E-state index < -0.39 is 0 Å². The lowest BCUT2D eigenvalue weighted by molar-refractivity contribution is 0.0609. The van der Waals surface area contributed by atoms with Crippen molar-refractivity contribution in [1.29, 1.82) is 0 Å². The molecule has 3 heteroatoms. The average Bonchev–Trinajstić information content (AvgIpc) is 2.94. The van der Waals surface area contributed by atoms with Crippen molar-refractivity contribution in [3.8, 4) is 0 Å². The largest absolute Gasteiger partial charge is 0.317 e. The molecule has 0 aromatic rings. The van der Waals surface area contributed by atoms with Gasteiger partial charge in [0.1, 0.15) is 0 Å². The van der Waals surface area contributed by atoms with Gasteiger partial charge in [-0.3, -0.25) is 0 Å². The Morgan fingerprint density at radius 3 is 2.47 bits per heavy atom. The number of nitrogens with zero attached hydrogens (tertiary/aromatic N) is 2. The van der Waals surface area contributed by atoms with E-state index in [0.717, 1.165) is 24.2 Å². The summed E-state index contributed by atoms with van der Waals surface area (Å²) in [5, 5.41) is 3.45. The molecule has 2 atom stereocenters. The molecule has 2 unspecified atom stereocenters. The van der Waals surface area contributed by atoms with E-state index in [9.17, 15) is 0 Å². The molecule has 0 amide bonds. The van der Waals surface area contributed by atoms with Crippen LogP contribution < -0.4 is 5.32 Å². The van der Waals surface area contributed by atoms with Crippen LogP contribution >= 0.6 is 0 Å². The molecule has 1 saturated carbocycles. The Morgan fingerprint density at radius 1 is 0.947 bits per heavy atom. The van der Waals surface area contributed by atoms with Gasteiger partial charge in [-0.1, -0.05) is 0 Å². The van der Waals surface area contributed by atoms with Crippen LogP contribution in [0.25, 0.3) is 0 Å². The van der Waals surface area contributed by atoms with Crippen molar-refractivity contribution in [2.75, 3.05) is 27.2 Å². The van der Waals surface area contributed by atoms with E-state index >= 15 is 0 Å². The fraction of sp³-hybridized carbons (Fsp3) is 1.00. The molecule has 0 aromatic carbocycles. The van der Waals surface area contributed by atoms with Gasteiger partial charge in [0.2, 0.25) is 0 Å². The molecule has 19 heavy (non-hydrogen) atoms. The van der Waals surface area contributed by atoms with E-state index in [4.69, 9.17) is 0 Å². The van der Waals surface area contributed by atoms with Crippen LogP contribution in [0.2, 0.25) is 0 Å². The molecule has 2 saturated heterocycles. The summed E-state index contributed by atoms with van der Waals surface area (Å²) in [5.74, 6) is 0. The fourth-order valence-corrected chi connectivity index (χ4v) is 4.64. The van der Waals surface area contributed by atoms with Crippen LogP contribution in [0.3, 0.4) is 0 Å². The Labute approximate surface area is 118 Å². The normalized spacial score (nSPS) is 40.6. The molecule has 1 N–H and O–H groups in total. The van der Waals surface area contributed by atoms with Crippen LogP contribution in [0, 0.1) is 0 Å². The van der Waals surface area contributed by atoms with Crippen LogP contribution in [-0.2, 0) is 0 Å². The number of rotatable bonds is 3. The lowest BCUT2D eigenvalue weighted by Gasteiger charge is -2.44. The topological polar surface area (TPSA) is 18.5 Å². The molecule has 110 valence electrons. The van der Waals surface area contributed by atoms with Gasteiger partial charge in [-0.15, -0.1) is 0 Å². The maximum absolute atomic E-state index is 3.45. The van der Waals surface area contributed by atoms with E-state index in [1.165, 1.54) is 64.5 Å². The molecule has 3 aliphatic rings. The Hall–Kier alpha value is -0.120. The third kappa shape index (κ3) is 2.98. The first-order valence-electron chi connectivity index (χ1n) is 8.41. The summed E-state index contributed by atoms with van der Waals surface area (Å²) in [6.45, 7) is 2.72. The van der Waals surface area contributed by atoms with Gasteiger partial charge in [0, 0.05) is 24.2 Å². The van der Waals surface area contributed by atoms with Crippen LogP contribution in [0.4, 0.5) is 0 Å². The summed E-state index contributed by atoms with van der Waals surface area (Å²) in [6.07, 6.45) is 11.3. The summed E-state index contributed by atoms with van der Waals surface area (Å²) >= 11 is 0. The van der Waals surface area contributed by atoms with E-state index in [0.29, 0.717) is 0 Å². The highest BCUT2D eigenvalue weighted by Crippen LogP contribution is 2.32. The molecule has 3 fully saturated rings. The second-order valence-electron chi connectivity index (χ2n) is 6.97. The molecule has 0 aromatic heterocycles. The minimum Gasteiger partial charge on any atom is -0.317 e. The summed E-state index contributed by atoms with van der Waals surface area (Å²) in [7, 11) is 4.52. The Kier molecular flexibility index (Phi) is 4.45. The van der Waals surface area contributed by atoms with Crippen molar-refractivity contribution in [1.82, 2.24) is 15.1 Å². The third-order valence-electron chi connectivity index (χ3n) is 6.05. The van der Waals surface area contributed by atoms with Gasteiger partial charge >= 0.3 is 0 Å². The number of hydrogen-bond acceptors (Lipinski definition) is 3. The summed E-state index contributed by atoms with van der Waals surface area (Å²) in [5.41, 5.74) is 0. The van der Waals surface area contributed by atoms with E-state index in [1.54, 1.807) is 0 Å². The molecule has 0 radical (unpaired) electrons.